The molecule has 0 spiro atoms. The number of anilines is 1. The van der Waals surface area contributed by atoms with Gasteiger partial charge in [-0.15, -0.1) is 11.3 Å². The Kier molecular flexibility index (Phi) is 3.90. The lowest BCUT2D eigenvalue weighted by Gasteiger charge is -2.16. The van der Waals surface area contributed by atoms with Gasteiger partial charge in [0.25, 0.3) is 0 Å². The number of hydrogen-bond donors (Lipinski definition) is 0. The van der Waals surface area contributed by atoms with E-state index < -0.39 is 0 Å². The van der Waals surface area contributed by atoms with E-state index in [2.05, 4.69) is 36.2 Å². The predicted octanol–water partition coefficient (Wildman–Crippen LogP) is 4.25. The Hall–Kier alpha value is -2.46. The first-order valence-corrected chi connectivity index (χ1v) is 8.98. The fourth-order valence-corrected chi connectivity index (χ4v) is 3.96. The van der Waals surface area contributed by atoms with Gasteiger partial charge in [-0.2, -0.15) is 0 Å². The van der Waals surface area contributed by atoms with Crippen molar-refractivity contribution < 1.29 is 4.79 Å². The normalized spacial score (nSPS) is 13.1. The molecule has 1 aliphatic rings. The largest absolute Gasteiger partial charge is 0.311 e. The molecule has 0 unspecified atom stereocenters. The average Bonchev–Trinajstić information content (AvgIpc) is 3.21. The molecule has 1 aromatic heterocycles. The predicted molar refractivity (Wildman–Crippen MR) is 98.5 cm³/mol. The van der Waals surface area contributed by atoms with Crippen LogP contribution in [-0.2, 0) is 17.6 Å². The number of para-hydroxylation sites is 1. The zero-order valence-corrected chi connectivity index (χ0v) is 14.3. The van der Waals surface area contributed by atoms with Crippen molar-refractivity contribution in [2.45, 2.75) is 19.8 Å². The fraction of sp³-hybridized carbons (Fsp3) is 0.200. The van der Waals surface area contributed by atoms with E-state index in [4.69, 9.17) is 0 Å². The van der Waals surface area contributed by atoms with Gasteiger partial charge in [0.15, 0.2) is 0 Å². The third kappa shape index (κ3) is 2.85. The number of fused-ring (bicyclic) bond motifs is 1. The highest BCUT2D eigenvalue weighted by Crippen LogP contribution is 2.29. The molecule has 4 heteroatoms. The Balaban J connectivity index is 1.52. The van der Waals surface area contributed by atoms with Crippen LogP contribution in [0.3, 0.4) is 0 Å². The van der Waals surface area contributed by atoms with Crippen LogP contribution in [-0.4, -0.2) is 17.4 Å². The van der Waals surface area contributed by atoms with Gasteiger partial charge < -0.3 is 4.90 Å². The Morgan fingerprint density at radius 1 is 1.21 bits per heavy atom. The van der Waals surface area contributed by atoms with Crippen molar-refractivity contribution in [1.29, 1.82) is 0 Å². The van der Waals surface area contributed by atoms with Gasteiger partial charge in [0.1, 0.15) is 5.01 Å². The van der Waals surface area contributed by atoms with E-state index in [-0.39, 0.29) is 5.91 Å². The average molecular weight is 334 g/mol. The molecule has 3 aromatic rings. The van der Waals surface area contributed by atoms with E-state index in [1.54, 1.807) is 11.3 Å². The van der Waals surface area contributed by atoms with Gasteiger partial charge in [0, 0.05) is 23.2 Å². The van der Waals surface area contributed by atoms with Crippen LogP contribution in [0.4, 0.5) is 5.69 Å². The first kappa shape index (κ1) is 15.1. The third-order valence-corrected chi connectivity index (χ3v) is 5.28. The summed E-state index contributed by atoms with van der Waals surface area (Å²) in [4.78, 5) is 19.2. The zero-order chi connectivity index (χ0) is 16.5. The van der Waals surface area contributed by atoms with Gasteiger partial charge in [0.2, 0.25) is 5.91 Å². The van der Waals surface area contributed by atoms with Crippen molar-refractivity contribution in [3.8, 4) is 10.6 Å². The number of aromatic nitrogens is 1. The number of nitrogens with zero attached hydrogens (tertiary/aromatic N) is 2. The molecule has 2 aromatic carbocycles. The minimum absolute atomic E-state index is 0.126. The molecule has 0 saturated carbocycles. The lowest BCUT2D eigenvalue weighted by Crippen LogP contribution is -2.30. The number of thiazole rings is 1. The summed E-state index contributed by atoms with van der Waals surface area (Å²) in [6.45, 7) is 2.85. The number of carbonyl (C=O) groups excluding carboxylic acids is 1. The topological polar surface area (TPSA) is 33.2 Å². The number of benzene rings is 2. The first-order valence-electron chi connectivity index (χ1n) is 8.10. The van der Waals surface area contributed by atoms with Crippen molar-refractivity contribution in [1.82, 2.24) is 4.98 Å². The second-order valence-electron chi connectivity index (χ2n) is 6.11. The SMILES string of the molecule is Cc1cccc(-c2nc(CC(=O)N3CCc4ccccc43)cs2)c1. The first-order chi connectivity index (χ1) is 11.7. The highest BCUT2D eigenvalue weighted by atomic mass is 32.1. The Morgan fingerprint density at radius 2 is 2.08 bits per heavy atom. The van der Waals surface area contributed by atoms with Crippen LogP contribution in [0, 0.1) is 6.92 Å². The van der Waals surface area contributed by atoms with Crippen molar-refractivity contribution in [2.24, 2.45) is 0 Å². The lowest BCUT2D eigenvalue weighted by atomic mass is 10.1. The summed E-state index contributed by atoms with van der Waals surface area (Å²) in [6.07, 6.45) is 1.30. The standard InChI is InChI=1S/C20H18N2OS/c1-14-5-4-7-16(11-14)20-21-17(13-24-20)12-19(23)22-10-9-15-6-2-3-8-18(15)22/h2-8,11,13H,9-10,12H2,1H3. The van der Waals surface area contributed by atoms with Gasteiger partial charge in [0.05, 0.1) is 12.1 Å². The van der Waals surface area contributed by atoms with Crippen LogP contribution in [0.5, 0.6) is 0 Å². The molecule has 0 aliphatic carbocycles. The van der Waals surface area contributed by atoms with Crippen molar-refractivity contribution in [3.63, 3.8) is 0 Å². The van der Waals surface area contributed by atoms with Crippen LogP contribution >= 0.6 is 11.3 Å². The van der Waals surface area contributed by atoms with Crippen LogP contribution in [0.2, 0.25) is 0 Å². The third-order valence-electron chi connectivity index (χ3n) is 4.34. The lowest BCUT2D eigenvalue weighted by molar-refractivity contribution is -0.117. The monoisotopic (exact) mass is 334 g/mol. The van der Waals surface area contributed by atoms with Gasteiger partial charge >= 0.3 is 0 Å². The van der Waals surface area contributed by atoms with Gasteiger partial charge in [-0.1, -0.05) is 42.0 Å². The van der Waals surface area contributed by atoms with Gasteiger partial charge in [-0.3, -0.25) is 4.79 Å². The van der Waals surface area contributed by atoms with E-state index in [0.717, 1.165) is 34.9 Å². The summed E-state index contributed by atoms with van der Waals surface area (Å²) in [5.41, 5.74) is 5.49. The van der Waals surface area contributed by atoms with E-state index in [1.807, 2.05) is 34.5 Å². The number of aryl methyl sites for hydroxylation is 1. The molecule has 0 N–H and O–H groups in total. The molecule has 0 radical (unpaired) electrons. The second kappa shape index (κ2) is 6.21. The maximum atomic E-state index is 12.7. The van der Waals surface area contributed by atoms with E-state index in [0.29, 0.717) is 6.42 Å². The molecule has 4 rings (SSSR count). The van der Waals surface area contributed by atoms with Crippen LogP contribution in [0.1, 0.15) is 16.8 Å². The minimum Gasteiger partial charge on any atom is -0.311 e. The molecule has 0 bridgehead atoms. The number of amides is 1. The minimum atomic E-state index is 0.126. The number of carbonyl (C=O) groups is 1. The second-order valence-corrected chi connectivity index (χ2v) is 6.97. The van der Waals surface area contributed by atoms with Crippen molar-refractivity contribution in [2.75, 3.05) is 11.4 Å². The van der Waals surface area contributed by atoms with Crippen molar-refractivity contribution >= 4 is 22.9 Å². The molecule has 0 saturated heterocycles. The summed E-state index contributed by atoms with van der Waals surface area (Å²) >= 11 is 1.60. The van der Waals surface area contributed by atoms with Crippen LogP contribution in [0.15, 0.2) is 53.9 Å². The van der Waals surface area contributed by atoms with Crippen molar-refractivity contribution in [3.05, 3.63) is 70.7 Å². The van der Waals surface area contributed by atoms with E-state index >= 15 is 0 Å². The summed E-state index contributed by atoms with van der Waals surface area (Å²) in [7, 11) is 0. The summed E-state index contributed by atoms with van der Waals surface area (Å²) in [6, 6.07) is 16.4. The van der Waals surface area contributed by atoms with E-state index in [9.17, 15) is 4.79 Å². The van der Waals surface area contributed by atoms with Crippen LogP contribution in [0.25, 0.3) is 10.6 Å². The maximum absolute atomic E-state index is 12.7. The molecule has 0 fully saturated rings. The Morgan fingerprint density at radius 3 is 2.96 bits per heavy atom. The molecule has 1 aliphatic heterocycles. The molecule has 120 valence electrons. The summed E-state index contributed by atoms with van der Waals surface area (Å²) in [5, 5.41) is 2.97. The molecule has 1 amide bonds. The van der Waals surface area contributed by atoms with Gasteiger partial charge in [-0.25, -0.2) is 4.98 Å². The molecule has 24 heavy (non-hydrogen) atoms. The highest BCUT2D eigenvalue weighted by molar-refractivity contribution is 7.13. The maximum Gasteiger partial charge on any atom is 0.233 e. The fourth-order valence-electron chi connectivity index (χ4n) is 3.15. The number of rotatable bonds is 3. The van der Waals surface area contributed by atoms with E-state index in [1.165, 1.54) is 11.1 Å². The smallest absolute Gasteiger partial charge is 0.233 e. The molecule has 3 nitrogen and oxygen atoms in total. The molecule has 2 heterocycles. The molecular formula is C20H18N2OS. The summed E-state index contributed by atoms with van der Waals surface area (Å²) in [5.74, 6) is 0.126. The molecular weight excluding hydrogens is 316 g/mol. The van der Waals surface area contributed by atoms with Crippen LogP contribution < -0.4 is 4.90 Å². The summed E-state index contributed by atoms with van der Waals surface area (Å²) < 4.78 is 0. The number of hydrogen-bond acceptors (Lipinski definition) is 3. The zero-order valence-electron chi connectivity index (χ0n) is 13.5. The highest BCUT2D eigenvalue weighted by Gasteiger charge is 2.24. The van der Waals surface area contributed by atoms with Gasteiger partial charge in [-0.05, 0) is 31.0 Å². The molecule has 0 atom stereocenters. The quantitative estimate of drug-likeness (QED) is 0.717. The Labute approximate surface area is 145 Å². The Bertz CT molecular complexity index is 900.